The Balaban J connectivity index is 1.79. The second kappa shape index (κ2) is 7.30. The molecule has 0 spiro atoms. The van der Waals surface area contributed by atoms with Crippen molar-refractivity contribution in [2.45, 2.75) is 26.6 Å². The van der Waals surface area contributed by atoms with Gasteiger partial charge in [0.15, 0.2) is 0 Å². The van der Waals surface area contributed by atoms with Crippen LogP contribution in [0.25, 0.3) is 10.9 Å². The molecule has 3 rings (SSSR count). The maximum absolute atomic E-state index is 12.1. The van der Waals surface area contributed by atoms with Gasteiger partial charge in [0.1, 0.15) is 6.54 Å². The summed E-state index contributed by atoms with van der Waals surface area (Å²) < 4.78 is 8.30. The van der Waals surface area contributed by atoms with Crippen molar-refractivity contribution in [1.82, 2.24) is 19.4 Å². The van der Waals surface area contributed by atoms with Crippen molar-refractivity contribution in [3.8, 4) is 11.8 Å². The molecular formula is C18H20N4O4. The Kier molecular flexibility index (Phi) is 4.92. The Morgan fingerprint density at radius 3 is 2.85 bits per heavy atom. The average Bonchev–Trinajstić information content (AvgIpc) is 2.96. The fraction of sp³-hybridized carbons (Fsp3) is 0.278. The molecule has 0 unspecified atom stereocenters. The average molecular weight is 356 g/mol. The van der Waals surface area contributed by atoms with E-state index in [1.165, 1.54) is 17.7 Å². The Labute approximate surface area is 149 Å². The number of rotatable bonds is 6. The second-order valence-corrected chi connectivity index (χ2v) is 5.77. The van der Waals surface area contributed by atoms with E-state index in [1.807, 2.05) is 6.92 Å². The summed E-state index contributed by atoms with van der Waals surface area (Å²) in [7, 11) is 1.50. The van der Waals surface area contributed by atoms with Gasteiger partial charge in [-0.3, -0.25) is 9.59 Å². The van der Waals surface area contributed by atoms with Gasteiger partial charge >= 0.3 is 0 Å². The Hall–Kier alpha value is -3.29. The normalized spacial score (nSPS) is 10.8. The SMILES string of the molecule is CCn1cc2nc(OC)c(CNC(=O)Cn3ccccc3=O)cc2c1O. The summed E-state index contributed by atoms with van der Waals surface area (Å²) in [6, 6.07) is 6.46. The summed E-state index contributed by atoms with van der Waals surface area (Å²) in [5.41, 5.74) is 1.01. The molecule has 3 aromatic rings. The molecule has 0 radical (unpaired) electrons. The number of nitrogens with one attached hydrogen (secondary N) is 1. The summed E-state index contributed by atoms with van der Waals surface area (Å²) in [5.74, 6) is 0.194. The number of nitrogens with zero attached hydrogens (tertiary/aromatic N) is 3. The van der Waals surface area contributed by atoms with Gasteiger partial charge in [-0.15, -0.1) is 0 Å². The van der Waals surface area contributed by atoms with E-state index in [4.69, 9.17) is 4.74 Å². The van der Waals surface area contributed by atoms with Crippen LogP contribution < -0.4 is 15.6 Å². The van der Waals surface area contributed by atoms with E-state index in [1.54, 1.807) is 35.2 Å². The highest BCUT2D eigenvalue weighted by Gasteiger charge is 2.14. The van der Waals surface area contributed by atoms with Crippen LogP contribution in [0.3, 0.4) is 0 Å². The smallest absolute Gasteiger partial charge is 0.250 e. The topological polar surface area (TPSA) is 98.4 Å². The van der Waals surface area contributed by atoms with E-state index in [0.29, 0.717) is 28.9 Å². The number of pyridine rings is 2. The number of ether oxygens (including phenoxy) is 1. The zero-order valence-electron chi connectivity index (χ0n) is 14.6. The molecular weight excluding hydrogens is 336 g/mol. The first-order valence-corrected chi connectivity index (χ1v) is 8.21. The van der Waals surface area contributed by atoms with Crippen molar-refractivity contribution in [3.05, 3.63) is 52.6 Å². The molecule has 1 amide bonds. The molecule has 0 atom stereocenters. The van der Waals surface area contributed by atoms with E-state index in [-0.39, 0.29) is 30.4 Å². The number of aromatic nitrogens is 3. The first kappa shape index (κ1) is 17.5. The monoisotopic (exact) mass is 356 g/mol. The van der Waals surface area contributed by atoms with Crippen LogP contribution in [0.4, 0.5) is 0 Å². The van der Waals surface area contributed by atoms with Crippen molar-refractivity contribution in [2.24, 2.45) is 0 Å². The number of aryl methyl sites for hydroxylation is 1. The van der Waals surface area contributed by atoms with Crippen LogP contribution in [0, 0.1) is 0 Å². The molecule has 26 heavy (non-hydrogen) atoms. The molecule has 0 aromatic carbocycles. The molecule has 0 aliphatic rings. The predicted molar refractivity (Wildman–Crippen MR) is 96.2 cm³/mol. The highest BCUT2D eigenvalue weighted by atomic mass is 16.5. The zero-order chi connectivity index (χ0) is 18.7. The minimum atomic E-state index is -0.309. The lowest BCUT2D eigenvalue weighted by atomic mass is 10.2. The van der Waals surface area contributed by atoms with Gasteiger partial charge in [0.05, 0.1) is 18.0 Å². The highest BCUT2D eigenvalue weighted by molar-refractivity contribution is 5.86. The number of carbonyl (C=O) groups excluding carboxylic acids is 1. The van der Waals surface area contributed by atoms with Gasteiger partial charge in [-0.1, -0.05) is 6.07 Å². The van der Waals surface area contributed by atoms with Crippen LogP contribution in [0.2, 0.25) is 0 Å². The first-order valence-electron chi connectivity index (χ1n) is 8.21. The number of hydrogen-bond acceptors (Lipinski definition) is 5. The second-order valence-electron chi connectivity index (χ2n) is 5.77. The van der Waals surface area contributed by atoms with Crippen LogP contribution in [0.5, 0.6) is 11.8 Å². The van der Waals surface area contributed by atoms with Crippen molar-refractivity contribution >= 4 is 16.8 Å². The molecule has 0 aliphatic carbocycles. The van der Waals surface area contributed by atoms with Crippen molar-refractivity contribution < 1.29 is 14.6 Å². The molecule has 8 nitrogen and oxygen atoms in total. The molecule has 0 saturated heterocycles. The number of methoxy groups -OCH3 is 1. The molecule has 0 saturated carbocycles. The Bertz CT molecular complexity index is 1010. The van der Waals surface area contributed by atoms with E-state index < -0.39 is 0 Å². The summed E-state index contributed by atoms with van der Waals surface area (Å²) in [6.45, 7) is 2.63. The highest BCUT2D eigenvalue weighted by Crippen LogP contribution is 2.30. The third-order valence-corrected chi connectivity index (χ3v) is 4.11. The third kappa shape index (κ3) is 3.39. The fourth-order valence-electron chi connectivity index (χ4n) is 2.73. The van der Waals surface area contributed by atoms with Gasteiger partial charge in [-0.05, 0) is 19.1 Å². The van der Waals surface area contributed by atoms with Gasteiger partial charge in [0, 0.05) is 37.1 Å². The molecule has 0 aliphatic heterocycles. The predicted octanol–water partition coefficient (Wildman–Crippen LogP) is 1.25. The van der Waals surface area contributed by atoms with E-state index in [0.717, 1.165) is 0 Å². The third-order valence-electron chi connectivity index (χ3n) is 4.11. The molecule has 8 heteroatoms. The maximum Gasteiger partial charge on any atom is 0.250 e. The largest absolute Gasteiger partial charge is 0.494 e. The van der Waals surface area contributed by atoms with Crippen LogP contribution in [-0.4, -0.2) is 32.2 Å². The summed E-state index contributed by atoms with van der Waals surface area (Å²) >= 11 is 0. The van der Waals surface area contributed by atoms with Crippen LogP contribution in [0.15, 0.2) is 41.5 Å². The molecule has 0 bridgehead atoms. The van der Waals surface area contributed by atoms with E-state index >= 15 is 0 Å². The lowest BCUT2D eigenvalue weighted by Crippen LogP contribution is -2.31. The van der Waals surface area contributed by atoms with Gasteiger partial charge < -0.3 is 24.3 Å². The number of amides is 1. The van der Waals surface area contributed by atoms with E-state index in [9.17, 15) is 14.7 Å². The van der Waals surface area contributed by atoms with Crippen LogP contribution >= 0.6 is 0 Å². The van der Waals surface area contributed by atoms with E-state index in [2.05, 4.69) is 10.3 Å². The number of hydrogen-bond donors (Lipinski definition) is 2. The minimum Gasteiger partial charge on any atom is -0.494 e. The molecule has 2 N–H and O–H groups in total. The quantitative estimate of drug-likeness (QED) is 0.693. The molecule has 0 fully saturated rings. The first-order chi connectivity index (χ1) is 12.5. The summed E-state index contributed by atoms with van der Waals surface area (Å²) in [6.07, 6.45) is 3.30. The number of carbonyl (C=O) groups is 1. The van der Waals surface area contributed by atoms with Gasteiger partial charge in [0.2, 0.25) is 17.7 Å². The molecule has 3 heterocycles. The maximum atomic E-state index is 12.1. The standard InChI is InChI=1S/C18H20N4O4/c1-3-21-10-14-13(18(21)25)8-12(17(20-14)26-2)9-19-15(23)11-22-7-5-4-6-16(22)24/h4-8,10,25H,3,9,11H2,1-2H3,(H,19,23). The van der Waals surface area contributed by atoms with Gasteiger partial charge in [0.25, 0.3) is 5.56 Å². The summed E-state index contributed by atoms with van der Waals surface area (Å²) in [4.78, 5) is 28.2. The fourth-order valence-corrected chi connectivity index (χ4v) is 2.73. The van der Waals surface area contributed by atoms with Gasteiger partial charge in [-0.2, -0.15) is 0 Å². The lowest BCUT2D eigenvalue weighted by Gasteiger charge is -2.10. The van der Waals surface area contributed by atoms with Crippen molar-refractivity contribution in [1.29, 1.82) is 0 Å². The zero-order valence-corrected chi connectivity index (χ0v) is 14.6. The van der Waals surface area contributed by atoms with Gasteiger partial charge in [-0.25, -0.2) is 4.98 Å². The Morgan fingerprint density at radius 2 is 2.15 bits per heavy atom. The van der Waals surface area contributed by atoms with Crippen LogP contribution in [0.1, 0.15) is 12.5 Å². The molecule has 136 valence electrons. The summed E-state index contributed by atoms with van der Waals surface area (Å²) in [5, 5.41) is 13.6. The number of fused-ring (bicyclic) bond motifs is 1. The van der Waals surface area contributed by atoms with Crippen molar-refractivity contribution in [2.75, 3.05) is 7.11 Å². The lowest BCUT2D eigenvalue weighted by molar-refractivity contribution is -0.121. The van der Waals surface area contributed by atoms with Crippen molar-refractivity contribution in [3.63, 3.8) is 0 Å². The Morgan fingerprint density at radius 1 is 1.35 bits per heavy atom. The van der Waals surface area contributed by atoms with Crippen LogP contribution in [-0.2, 0) is 24.4 Å². The number of aromatic hydroxyl groups is 1. The molecule has 3 aromatic heterocycles. The minimum absolute atomic E-state index is 0.0743.